The largest absolute Gasteiger partial charge is 0.360 e. The molecule has 0 radical (unpaired) electrons. The molecule has 2 N–H and O–H groups in total. The minimum atomic E-state index is -0.356. The Kier molecular flexibility index (Phi) is 5.93. The van der Waals surface area contributed by atoms with Gasteiger partial charge in [-0.3, -0.25) is 9.59 Å². The molecule has 1 aliphatic rings. The van der Waals surface area contributed by atoms with Crippen molar-refractivity contribution < 1.29 is 14.1 Å². The molecule has 30 heavy (non-hydrogen) atoms. The van der Waals surface area contributed by atoms with Crippen LogP contribution in [0.25, 0.3) is 11.3 Å². The van der Waals surface area contributed by atoms with E-state index in [4.69, 9.17) is 4.52 Å². The molecule has 0 aliphatic heterocycles. The predicted molar refractivity (Wildman–Crippen MR) is 115 cm³/mol. The molecule has 0 unspecified atom stereocenters. The van der Waals surface area contributed by atoms with E-state index in [0.29, 0.717) is 28.3 Å². The first kappa shape index (κ1) is 19.9. The third-order valence-electron chi connectivity index (χ3n) is 5.50. The summed E-state index contributed by atoms with van der Waals surface area (Å²) in [6, 6.07) is 16.7. The Morgan fingerprint density at radius 3 is 2.40 bits per heavy atom. The number of aryl methyl sites for hydroxylation is 1. The van der Waals surface area contributed by atoms with Crippen molar-refractivity contribution >= 4 is 17.5 Å². The van der Waals surface area contributed by atoms with Crippen LogP contribution in [0.5, 0.6) is 0 Å². The number of aromatic nitrogens is 1. The highest BCUT2D eigenvalue weighted by atomic mass is 16.5. The van der Waals surface area contributed by atoms with Crippen molar-refractivity contribution in [2.24, 2.45) is 0 Å². The number of para-hydroxylation sites is 1. The fourth-order valence-electron chi connectivity index (χ4n) is 3.92. The van der Waals surface area contributed by atoms with Gasteiger partial charge >= 0.3 is 0 Å². The highest BCUT2D eigenvalue weighted by Crippen LogP contribution is 2.27. The number of hydrogen-bond acceptors (Lipinski definition) is 4. The minimum Gasteiger partial charge on any atom is -0.360 e. The highest BCUT2D eigenvalue weighted by Gasteiger charge is 2.24. The van der Waals surface area contributed by atoms with Gasteiger partial charge in [-0.15, -0.1) is 0 Å². The van der Waals surface area contributed by atoms with E-state index in [2.05, 4.69) is 15.8 Å². The molecule has 1 aliphatic carbocycles. The van der Waals surface area contributed by atoms with E-state index in [1.54, 1.807) is 31.2 Å². The fourth-order valence-corrected chi connectivity index (χ4v) is 3.92. The lowest BCUT2D eigenvalue weighted by Gasteiger charge is -2.23. The Labute approximate surface area is 175 Å². The Morgan fingerprint density at radius 1 is 0.933 bits per heavy atom. The summed E-state index contributed by atoms with van der Waals surface area (Å²) in [5.74, 6) is -0.0934. The first-order valence-electron chi connectivity index (χ1n) is 10.4. The number of benzene rings is 2. The zero-order valence-corrected chi connectivity index (χ0v) is 17.0. The number of amides is 2. The number of anilines is 1. The van der Waals surface area contributed by atoms with Crippen LogP contribution in [0, 0.1) is 6.92 Å². The number of nitrogens with zero attached hydrogens (tertiary/aromatic N) is 1. The van der Waals surface area contributed by atoms with Crippen molar-refractivity contribution in [1.82, 2.24) is 10.5 Å². The average Bonchev–Trinajstić information content (AvgIpc) is 3.17. The summed E-state index contributed by atoms with van der Waals surface area (Å²) in [6.45, 7) is 1.70. The quantitative estimate of drug-likeness (QED) is 0.630. The van der Waals surface area contributed by atoms with E-state index in [1.165, 1.54) is 6.42 Å². The molecule has 0 spiro atoms. The Balaban J connectivity index is 1.56. The van der Waals surface area contributed by atoms with Crippen LogP contribution in [0.2, 0.25) is 0 Å². The zero-order valence-electron chi connectivity index (χ0n) is 17.0. The number of carbonyl (C=O) groups excluding carboxylic acids is 2. The lowest BCUT2D eigenvalue weighted by atomic mass is 9.95. The van der Waals surface area contributed by atoms with Gasteiger partial charge in [-0.1, -0.05) is 66.9 Å². The average molecular weight is 403 g/mol. The molecule has 6 heteroatoms. The molecule has 1 saturated carbocycles. The summed E-state index contributed by atoms with van der Waals surface area (Å²) in [4.78, 5) is 26.0. The molecule has 2 aromatic carbocycles. The van der Waals surface area contributed by atoms with Gasteiger partial charge < -0.3 is 15.2 Å². The molecule has 0 atom stereocenters. The summed E-state index contributed by atoms with van der Waals surface area (Å²) in [7, 11) is 0. The van der Waals surface area contributed by atoms with Gasteiger partial charge in [0.1, 0.15) is 17.0 Å². The predicted octanol–water partition coefficient (Wildman–Crippen LogP) is 4.96. The third-order valence-corrected chi connectivity index (χ3v) is 5.50. The molecule has 0 bridgehead atoms. The molecule has 0 saturated heterocycles. The van der Waals surface area contributed by atoms with Crippen molar-refractivity contribution in [3.63, 3.8) is 0 Å². The van der Waals surface area contributed by atoms with Crippen LogP contribution < -0.4 is 10.6 Å². The number of nitrogens with one attached hydrogen (secondary N) is 2. The van der Waals surface area contributed by atoms with Crippen LogP contribution >= 0.6 is 0 Å². The first-order chi connectivity index (χ1) is 14.6. The maximum Gasteiger partial charge on any atom is 0.261 e. The summed E-state index contributed by atoms with van der Waals surface area (Å²) < 4.78 is 5.30. The van der Waals surface area contributed by atoms with E-state index in [9.17, 15) is 9.59 Å². The fraction of sp³-hybridized carbons (Fsp3) is 0.292. The lowest BCUT2D eigenvalue weighted by molar-refractivity contribution is 0.0928. The van der Waals surface area contributed by atoms with Crippen molar-refractivity contribution in [1.29, 1.82) is 0 Å². The second-order valence-corrected chi connectivity index (χ2v) is 7.64. The SMILES string of the molecule is Cc1onc(-c2ccccc2)c1C(=O)Nc1ccccc1C(=O)NC1CCCCC1. The van der Waals surface area contributed by atoms with E-state index in [1.807, 2.05) is 30.3 Å². The molecule has 4 rings (SSSR count). The summed E-state index contributed by atoms with van der Waals surface area (Å²) in [6.07, 6.45) is 5.50. The smallest absolute Gasteiger partial charge is 0.261 e. The van der Waals surface area contributed by atoms with Crippen LogP contribution in [0.1, 0.15) is 58.6 Å². The molecule has 3 aromatic rings. The van der Waals surface area contributed by atoms with Gasteiger partial charge in [0.25, 0.3) is 11.8 Å². The molecule has 154 valence electrons. The second-order valence-electron chi connectivity index (χ2n) is 7.64. The normalized spacial score (nSPS) is 14.3. The number of rotatable bonds is 5. The third kappa shape index (κ3) is 4.27. The van der Waals surface area contributed by atoms with Gasteiger partial charge in [0.05, 0.1) is 11.3 Å². The first-order valence-corrected chi connectivity index (χ1v) is 10.4. The van der Waals surface area contributed by atoms with Crippen molar-refractivity contribution in [3.05, 3.63) is 71.5 Å². The minimum absolute atomic E-state index is 0.164. The summed E-state index contributed by atoms with van der Waals surface area (Å²) in [5.41, 5.74) is 2.56. The maximum absolute atomic E-state index is 13.1. The molecule has 1 aromatic heterocycles. The lowest BCUT2D eigenvalue weighted by Crippen LogP contribution is -2.36. The molecular weight excluding hydrogens is 378 g/mol. The Bertz CT molecular complexity index is 1040. The number of hydrogen-bond donors (Lipinski definition) is 2. The second kappa shape index (κ2) is 8.95. The van der Waals surface area contributed by atoms with Gasteiger partial charge in [0.2, 0.25) is 0 Å². The van der Waals surface area contributed by atoms with Crippen LogP contribution in [0.15, 0.2) is 59.1 Å². The zero-order chi connectivity index (χ0) is 20.9. The van der Waals surface area contributed by atoms with Crippen LogP contribution in [0.4, 0.5) is 5.69 Å². The molecule has 6 nitrogen and oxygen atoms in total. The molecule has 1 heterocycles. The molecule has 1 fully saturated rings. The summed E-state index contributed by atoms with van der Waals surface area (Å²) >= 11 is 0. The van der Waals surface area contributed by atoms with Gasteiger partial charge in [-0.2, -0.15) is 0 Å². The molecule has 2 amide bonds. The van der Waals surface area contributed by atoms with Crippen LogP contribution in [-0.2, 0) is 0 Å². The van der Waals surface area contributed by atoms with E-state index >= 15 is 0 Å². The standard InChI is InChI=1S/C24H25N3O3/c1-16-21(22(27-30-16)17-10-4-2-5-11-17)24(29)26-20-15-9-8-14-19(20)23(28)25-18-12-6-3-7-13-18/h2,4-5,8-11,14-15,18H,3,6-7,12-13H2,1H3,(H,25,28)(H,26,29). The van der Waals surface area contributed by atoms with E-state index in [0.717, 1.165) is 31.2 Å². The molecular formula is C24H25N3O3. The Hall–Kier alpha value is -3.41. The van der Waals surface area contributed by atoms with Gasteiger partial charge in [-0.05, 0) is 31.9 Å². The van der Waals surface area contributed by atoms with E-state index < -0.39 is 0 Å². The maximum atomic E-state index is 13.1. The summed E-state index contributed by atoms with van der Waals surface area (Å²) in [5, 5.41) is 10.1. The topological polar surface area (TPSA) is 84.2 Å². The monoisotopic (exact) mass is 403 g/mol. The Morgan fingerprint density at radius 2 is 1.63 bits per heavy atom. The van der Waals surface area contributed by atoms with Crippen LogP contribution in [-0.4, -0.2) is 23.0 Å². The highest BCUT2D eigenvalue weighted by molar-refractivity contribution is 6.11. The van der Waals surface area contributed by atoms with Crippen molar-refractivity contribution in [2.45, 2.75) is 45.1 Å². The van der Waals surface area contributed by atoms with Crippen molar-refractivity contribution in [2.75, 3.05) is 5.32 Å². The number of carbonyl (C=O) groups is 2. The van der Waals surface area contributed by atoms with E-state index in [-0.39, 0.29) is 17.9 Å². The van der Waals surface area contributed by atoms with Gasteiger partial charge in [-0.25, -0.2) is 0 Å². The van der Waals surface area contributed by atoms with Crippen molar-refractivity contribution in [3.8, 4) is 11.3 Å². The van der Waals surface area contributed by atoms with Gasteiger partial charge in [0, 0.05) is 11.6 Å². The van der Waals surface area contributed by atoms with Crippen LogP contribution in [0.3, 0.4) is 0 Å². The van der Waals surface area contributed by atoms with Gasteiger partial charge in [0.15, 0.2) is 0 Å².